The molecule has 1 aromatic heterocycles. The molecule has 2 heterocycles. The summed E-state index contributed by atoms with van der Waals surface area (Å²) in [6, 6.07) is 8.45. The Morgan fingerprint density at radius 3 is 2.35 bits per heavy atom. The Hall–Kier alpha value is -2.76. The van der Waals surface area contributed by atoms with E-state index < -0.39 is 0 Å². The molecule has 0 bridgehead atoms. The van der Waals surface area contributed by atoms with Gasteiger partial charge < -0.3 is 4.74 Å². The van der Waals surface area contributed by atoms with E-state index in [1.165, 1.54) is 18.2 Å². The molecular formula is C14H11N3O3. The van der Waals surface area contributed by atoms with E-state index >= 15 is 0 Å². The van der Waals surface area contributed by atoms with Crippen LogP contribution in [0.25, 0.3) is 0 Å². The lowest BCUT2D eigenvalue weighted by Crippen LogP contribution is -2.29. The standard InChI is InChI=1S/C14H11N3O3/c1-20-12-9(6-7-15-16-12)8-17-13(18)10-4-2-3-5-11(10)14(17)19/h2-7H,8H2,1H3. The van der Waals surface area contributed by atoms with Crippen LogP contribution in [0.3, 0.4) is 0 Å². The summed E-state index contributed by atoms with van der Waals surface area (Å²) in [6.45, 7) is 0.116. The van der Waals surface area contributed by atoms with Crippen molar-refractivity contribution >= 4 is 11.8 Å². The Morgan fingerprint density at radius 2 is 1.75 bits per heavy atom. The molecule has 20 heavy (non-hydrogen) atoms. The third kappa shape index (κ3) is 1.82. The first-order valence-corrected chi connectivity index (χ1v) is 6.02. The van der Waals surface area contributed by atoms with E-state index in [-0.39, 0.29) is 18.4 Å². The Balaban J connectivity index is 1.94. The predicted octanol–water partition coefficient (Wildman–Crippen LogP) is 1.28. The van der Waals surface area contributed by atoms with E-state index in [9.17, 15) is 9.59 Å². The predicted molar refractivity (Wildman–Crippen MR) is 69.2 cm³/mol. The van der Waals surface area contributed by atoms with Gasteiger partial charge in [-0.05, 0) is 18.2 Å². The molecule has 0 aliphatic carbocycles. The van der Waals surface area contributed by atoms with Crippen molar-refractivity contribution in [1.82, 2.24) is 15.1 Å². The van der Waals surface area contributed by atoms with E-state index in [1.54, 1.807) is 30.3 Å². The second kappa shape index (κ2) is 4.73. The minimum Gasteiger partial charge on any atom is -0.480 e. The molecular weight excluding hydrogens is 258 g/mol. The average molecular weight is 269 g/mol. The molecule has 2 amide bonds. The number of methoxy groups -OCH3 is 1. The summed E-state index contributed by atoms with van der Waals surface area (Å²) in [5, 5.41) is 7.52. The molecule has 0 unspecified atom stereocenters. The highest BCUT2D eigenvalue weighted by atomic mass is 16.5. The Bertz CT molecular complexity index is 665. The first-order valence-electron chi connectivity index (χ1n) is 6.02. The van der Waals surface area contributed by atoms with E-state index in [0.29, 0.717) is 22.6 Å². The summed E-state index contributed by atoms with van der Waals surface area (Å²) in [4.78, 5) is 25.7. The van der Waals surface area contributed by atoms with Crippen molar-refractivity contribution < 1.29 is 14.3 Å². The van der Waals surface area contributed by atoms with Crippen molar-refractivity contribution in [2.45, 2.75) is 6.54 Å². The molecule has 6 nitrogen and oxygen atoms in total. The van der Waals surface area contributed by atoms with Crippen molar-refractivity contribution in [3.63, 3.8) is 0 Å². The van der Waals surface area contributed by atoms with Gasteiger partial charge in [0.05, 0.1) is 31.0 Å². The van der Waals surface area contributed by atoms with E-state index in [1.807, 2.05) is 0 Å². The molecule has 1 aromatic carbocycles. The zero-order valence-electron chi connectivity index (χ0n) is 10.7. The molecule has 0 atom stereocenters. The maximum absolute atomic E-state index is 12.2. The highest BCUT2D eigenvalue weighted by molar-refractivity contribution is 6.21. The Morgan fingerprint density at radius 1 is 1.10 bits per heavy atom. The summed E-state index contributed by atoms with van der Waals surface area (Å²) in [6.07, 6.45) is 1.50. The van der Waals surface area contributed by atoms with Gasteiger partial charge in [-0.15, -0.1) is 5.10 Å². The third-order valence-electron chi connectivity index (χ3n) is 3.17. The number of fused-ring (bicyclic) bond motifs is 1. The van der Waals surface area contributed by atoms with Gasteiger partial charge in [0.2, 0.25) is 5.88 Å². The number of hydrogen-bond donors (Lipinski definition) is 0. The molecule has 6 heteroatoms. The van der Waals surface area contributed by atoms with Crippen molar-refractivity contribution in [1.29, 1.82) is 0 Å². The zero-order valence-corrected chi connectivity index (χ0v) is 10.7. The molecule has 2 aromatic rings. The summed E-state index contributed by atoms with van der Waals surface area (Å²) in [5.74, 6) is -0.294. The minimum absolute atomic E-state index is 0.116. The van der Waals surface area contributed by atoms with Gasteiger partial charge in [0.25, 0.3) is 11.8 Å². The molecule has 3 rings (SSSR count). The molecule has 0 saturated carbocycles. The lowest BCUT2D eigenvalue weighted by atomic mass is 10.1. The van der Waals surface area contributed by atoms with Gasteiger partial charge in [0, 0.05) is 5.56 Å². The van der Waals surface area contributed by atoms with E-state index in [2.05, 4.69) is 10.2 Å². The van der Waals surface area contributed by atoms with Crippen molar-refractivity contribution in [3.05, 3.63) is 53.2 Å². The van der Waals surface area contributed by atoms with Gasteiger partial charge in [-0.1, -0.05) is 12.1 Å². The second-order valence-electron chi connectivity index (χ2n) is 4.31. The molecule has 1 aliphatic rings. The van der Waals surface area contributed by atoms with Gasteiger partial charge in [-0.2, -0.15) is 5.10 Å². The quantitative estimate of drug-likeness (QED) is 0.785. The number of nitrogens with zero attached hydrogens (tertiary/aromatic N) is 3. The van der Waals surface area contributed by atoms with Crippen LogP contribution in [0.1, 0.15) is 26.3 Å². The Labute approximate surface area is 115 Å². The monoisotopic (exact) mass is 269 g/mol. The average Bonchev–Trinajstić information content (AvgIpc) is 2.73. The first-order chi connectivity index (χ1) is 9.72. The summed E-state index contributed by atoms with van der Waals surface area (Å²) in [7, 11) is 1.47. The normalized spacial score (nSPS) is 13.6. The fourth-order valence-electron chi connectivity index (χ4n) is 2.19. The molecule has 0 spiro atoms. The van der Waals surface area contributed by atoms with Crippen molar-refractivity contribution in [2.75, 3.05) is 7.11 Å². The molecule has 0 N–H and O–H groups in total. The highest BCUT2D eigenvalue weighted by Gasteiger charge is 2.35. The largest absolute Gasteiger partial charge is 0.480 e. The first kappa shape index (κ1) is 12.3. The van der Waals surface area contributed by atoms with E-state index in [0.717, 1.165) is 0 Å². The van der Waals surface area contributed by atoms with Crippen LogP contribution in [0.4, 0.5) is 0 Å². The van der Waals surface area contributed by atoms with Crippen LogP contribution in [-0.2, 0) is 6.54 Å². The van der Waals surface area contributed by atoms with Gasteiger partial charge in [-0.3, -0.25) is 14.5 Å². The zero-order chi connectivity index (χ0) is 14.1. The van der Waals surface area contributed by atoms with Crippen LogP contribution in [0.15, 0.2) is 36.5 Å². The number of ether oxygens (including phenoxy) is 1. The molecule has 1 aliphatic heterocycles. The Kier molecular flexibility index (Phi) is 2.90. The minimum atomic E-state index is -0.301. The van der Waals surface area contributed by atoms with Crippen LogP contribution in [0.5, 0.6) is 5.88 Å². The van der Waals surface area contributed by atoms with Crippen LogP contribution < -0.4 is 4.74 Å². The molecule has 0 radical (unpaired) electrons. The smallest absolute Gasteiger partial charge is 0.261 e. The fourth-order valence-corrected chi connectivity index (χ4v) is 2.19. The van der Waals surface area contributed by atoms with Gasteiger partial charge in [-0.25, -0.2) is 0 Å². The molecule has 0 fully saturated rings. The van der Waals surface area contributed by atoms with Crippen LogP contribution in [0.2, 0.25) is 0 Å². The maximum Gasteiger partial charge on any atom is 0.261 e. The van der Waals surface area contributed by atoms with Crippen LogP contribution in [-0.4, -0.2) is 34.0 Å². The molecule has 0 saturated heterocycles. The number of benzene rings is 1. The molecule has 100 valence electrons. The fraction of sp³-hybridized carbons (Fsp3) is 0.143. The maximum atomic E-state index is 12.2. The third-order valence-corrected chi connectivity index (χ3v) is 3.17. The number of carbonyl (C=O) groups is 2. The van der Waals surface area contributed by atoms with Crippen molar-refractivity contribution in [2.24, 2.45) is 0 Å². The lowest BCUT2D eigenvalue weighted by Gasteiger charge is -2.14. The van der Waals surface area contributed by atoms with Crippen molar-refractivity contribution in [3.8, 4) is 5.88 Å². The topological polar surface area (TPSA) is 72.4 Å². The van der Waals surface area contributed by atoms with Gasteiger partial charge >= 0.3 is 0 Å². The summed E-state index contributed by atoms with van der Waals surface area (Å²) in [5.41, 5.74) is 1.49. The number of rotatable bonds is 3. The van der Waals surface area contributed by atoms with Gasteiger partial charge in [0.15, 0.2) is 0 Å². The van der Waals surface area contributed by atoms with E-state index in [4.69, 9.17) is 4.74 Å². The highest BCUT2D eigenvalue weighted by Crippen LogP contribution is 2.25. The lowest BCUT2D eigenvalue weighted by molar-refractivity contribution is 0.0641. The number of imide groups is 1. The SMILES string of the molecule is COc1nnccc1CN1C(=O)c2ccccc2C1=O. The van der Waals surface area contributed by atoms with Gasteiger partial charge in [0.1, 0.15) is 0 Å². The van der Waals surface area contributed by atoms with Crippen LogP contribution in [0, 0.1) is 0 Å². The summed E-state index contributed by atoms with van der Waals surface area (Å²) < 4.78 is 5.08. The number of hydrogen-bond acceptors (Lipinski definition) is 5. The summed E-state index contributed by atoms with van der Waals surface area (Å²) >= 11 is 0. The number of aromatic nitrogens is 2. The number of carbonyl (C=O) groups excluding carboxylic acids is 2. The second-order valence-corrected chi connectivity index (χ2v) is 4.31. The van der Waals surface area contributed by atoms with Crippen LogP contribution >= 0.6 is 0 Å². The number of amides is 2.